The van der Waals surface area contributed by atoms with Crippen LogP contribution in [-0.2, 0) is 7.05 Å². The van der Waals surface area contributed by atoms with Gasteiger partial charge in [-0.2, -0.15) is 10.2 Å². The van der Waals surface area contributed by atoms with E-state index in [0.29, 0.717) is 5.56 Å². The van der Waals surface area contributed by atoms with E-state index in [0.717, 1.165) is 5.52 Å². The number of halogens is 2. The van der Waals surface area contributed by atoms with Crippen LogP contribution < -0.4 is 5.32 Å². The van der Waals surface area contributed by atoms with Crippen molar-refractivity contribution in [1.29, 1.82) is 0 Å². The van der Waals surface area contributed by atoms with Gasteiger partial charge in [-0.05, 0) is 18.2 Å². The number of carbonyl (C=O) groups is 1. The van der Waals surface area contributed by atoms with Gasteiger partial charge >= 0.3 is 0 Å². The average Bonchev–Trinajstić information content (AvgIpc) is 3.04. The predicted molar refractivity (Wildman–Crippen MR) is 71.3 cm³/mol. The van der Waals surface area contributed by atoms with Crippen molar-refractivity contribution >= 4 is 17.1 Å². The first-order valence-electron chi connectivity index (χ1n) is 6.11. The van der Waals surface area contributed by atoms with Gasteiger partial charge in [0.2, 0.25) is 0 Å². The SMILES string of the molecule is Cn1cc(NC(=O)c2ccn3nccc3c2)c(C(F)F)n1. The zero-order valence-electron chi connectivity index (χ0n) is 11.0. The highest BCUT2D eigenvalue weighted by Crippen LogP contribution is 2.25. The smallest absolute Gasteiger partial charge is 0.284 e. The third-order valence-corrected chi connectivity index (χ3v) is 2.97. The topological polar surface area (TPSA) is 64.2 Å². The highest BCUT2D eigenvalue weighted by atomic mass is 19.3. The highest BCUT2D eigenvalue weighted by molar-refractivity contribution is 6.05. The third-order valence-electron chi connectivity index (χ3n) is 2.97. The Balaban J connectivity index is 1.89. The van der Waals surface area contributed by atoms with E-state index in [4.69, 9.17) is 0 Å². The number of hydrogen-bond donors (Lipinski definition) is 1. The Hall–Kier alpha value is -2.77. The first-order valence-corrected chi connectivity index (χ1v) is 6.11. The monoisotopic (exact) mass is 291 g/mol. The molecule has 0 saturated carbocycles. The first kappa shape index (κ1) is 13.2. The molecule has 0 aromatic carbocycles. The quantitative estimate of drug-likeness (QED) is 0.805. The minimum absolute atomic E-state index is 0.00545. The van der Waals surface area contributed by atoms with Gasteiger partial charge in [0.15, 0.2) is 5.69 Å². The molecule has 1 N–H and O–H groups in total. The number of nitrogens with one attached hydrogen (secondary N) is 1. The summed E-state index contributed by atoms with van der Waals surface area (Å²) in [4.78, 5) is 12.1. The molecule has 0 atom stereocenters. The molecule has 0 spiro atoms. The largest absolute Gasteiger partial charge is 0.319 e. The Kier molecular flexibility index (Phi) is 3.13. The number of aryl methyl sites for hydroxylation is 1. The second-order valence-electron chi connectivity index (χ2n) is 4.47. The van der Waals surface area contributed by atoms with Crippen LogP contribution in [0.15, 0.2) is 36.8 Å². The predicted octanol–water partition coefficient (Wildman–Crippen LogP) is 2.26. The number of nitrogens with zero attached hydrogens (tertiary/aromatic N) is 4. The zero-order chi connectivity index (χ0) is 15.0. The van der Waals surface area contributed by atoms with Crippen molar-refractivity contribution < 1.29 is 13.6 Å². The molecule has 0 aliphatic heterocycles. The van der Waals surface area contributed by atoms with Gasteiger partial charge in [0.05, 0.1) is 11.2 Å². The molecular weight excluding hydrogens is 280 g/mol. The lowest BCUT2D eigenvalue weighted by molar-refractivity contribution is 0.102. The summed E-state index contributed by atoms with van der Waals surface area (Å²) >= 11 is 0. The molecule has 3 heterocycles. The zero-order valence-corrected chi connectivity index (χ0v) is 11.0. The van der Waals surface area contributed by atoms with E-state index >= 15 is 0 Å². The van der Waals surface area contributed by atoms with Crippen molar-refractivity contribution in [2.45, 2.75) is 6.43 Å². The number of rotatable bonds is 3. The summed E-state index contributed by atoms with van der Waals surface area (Å²) in [6.45, 7) is 0. The van der Waals surface area contributed by atoms with Crippen LogP contribution in [0.4, 0.5) is 14.5 Å². The van der Waals surface area contributed by atoms with Crippen molar-refractivity contribution in [3.8, 4) is 0 Å². The van der Waals surface area contributed by atoms with Crippen LogP contribution in [0.2, 0.25) is 0 Å². The number of aromatic nitrogens is 4. The summed E-state index contributed by atoms with van der Waals surface area (Å²) in [6.07, 6.45) is 1.82. The summed E-state index contributed by atoms with van der Waals surface area (Å²) < 4.78 is 28.5. The number of amides is 1. The minimum atomic E-state index is -2.75. The number of anilines is 1. The lowest BCUT2D eigenvalue weighted by Crippen LogP contribution is -2.13. The van der Waals surface area contributed by atoms with Gasteiger partial charge in [0.1, 0.15) is 0 Å². The lowest BCUT2D eigenvalue weighted by Gasteiger charge is -2.05. The van der Waals surface area contributed by atoms with Crippen LogP contribution in [0.1, 0.15) is 22.5 Å². The molecule has 6 nitrogen and oxygen atoms in total. The first-order chi connectivity index (χ1) is 10.0. The van der Waals surface area contributed by atoms with Crippen LogP contribution in [0.3, 0.4) is 0 Å². The molecule has 0 aliphatic rings. The van der Waals surface area contributed by atoms with Crippen molar-refractivity contribution in [3.63, 3.8) is 0 Å². The van der Waals surface area contributed by atoms with Gasteiger partial charge in [-0.15, -0.1) is 0 Å². The molecule has 0 fully saturated rings. The fraction of sp³-hybridized carbons (Fsp3) is 0.154. The van der Waals surface area contributed by atoms with Crippen molar-refractivity contribution in [2.24, 2.45) is 7.05 Å². The Morgan fingerprint density at radius 3 is 2.95 bits per heavy atom. The molecule has 0 saturated heterocycles. The third kappa shape index (κ3) is 2.47. The van der Waals surface area contributed by atoms with Gasteiger partial charge < -0.3 is 5.32 Å². The van der Waals surface area contributed by atoms with Crippen molar-refractivity contribution in [1.82, 2.24) is 19.4 Å². The maximum Gasteiger partial charge on any atom is 0.284 e. The van der Waals surface area contributed by atoms with Crippen LogP contribution in [0.25, 0.3) is 5.52 Å². The molecule has 3 rings (SSSR count). The molecule has 0 radical (unpaired) electrons. The average molecular weight is 291 g/mol. The molecule has 108 valence electrons. The fourth-order valence-electron chi connectivity index (χ4n) is 2.02. The Bertz CT molecular complexity index is 808. The summed E-state index contributed by atoms with van der Waals surface area (Å²) in [6, 6.07) is 4.93. The van der Waals surface area contributed by atoms with Gasteiger partial charge in [-0.1, -0.05) is 0 Å². The molecule has 3 aromatic heterocycles. The molecule has 0 aliphatic carbocycles. The van der Waals surface area contributed by atoms with Crippen LogP contribution >= 0.6 is 0 Å². The van der Waals surface area contributed by atoms with E-state index in [9.17, 15) is 13.6 Å². The van der Waals surface area contributed by atoms with E-state index in [1.165, 1.54) is 17.9 Å². The number of pyridine rings is 1. The number of alkyl halides is 2. The Morgan fingerprint density at radius 2 is 2.19 bits per heavy atom. The van der Waals surface area contributed by atoms with Gasteiger partial charge in [0.25, 0.3) is 12.3 Å². The van der Waals surface area contributed by atoms with Crippen molar-refractivity contribution in [3.05, 3.63) is 48.0 Å². The van der Waals surface area contributed by atoms with Gasteiger partial charge in [-0.3, -0.25) is 9.48 Å². The van der Waals surface area contributed by atoms with E-state index < -0.39 is 18.0 Å². The highest BCUT2D eigenvalue weighted by Gasteiger charge is 2.19. The molecule has 21 heavy (non-hydrogen) atoms. The van der Waals surface area contributed by atoms with Gasteiger partial charge in [-0.25, -0.2) is 13.3 Å². The number of fused-ring (bicyclic) bond motifs is 1. The second-order valence-corrected chi connectivity index (χ2v) is 4.47. The molecule has 0 unspecified atom stereocenters. The van der Waals surface area contributed by atoms with Crippen LogP contribution in [-0.4, -0.2) is 25.3 Å². The molecule has 0 bridgehead atoms. The summed E-state index contributed by atoms with van der Waals surface area (Å²) in [5.74, 6) is -0.478. The van der Waals surface area contributed by atoms with Crippen LogP contribution in [0.5, 0.6) is 0 Å². The van der Waals surface area contributed by atoms with Crippen LogP contribution in [0, 0.1) is 0 Å². The van der Waals surface area contributed by atoms with Gasteiger partial charge in [0, 0.05) is 31.2 Å². The molecule has 1 amide bonds. The number of carbonyl (C=O) groups excluding carboxylic acids is 1. The standard InChI is InChI=1S/C13H11F2N5O/c1-19-7-10(11(18-19)12(14)15)17-13(21)8-3-5-20-9(6-8)2-4-16-20/h2-7,12H,1H3,(H,17,21). The van der Waals surface area contributed by atoms with E-state index in [1.54, 1.807) is 35.1 Å². The lowest BCUT2D eigenvalue weighted by atomic mass is 10.2. The molecule has 8 heteroatoms. The van der Waals surface area contributed by atoms with E-state index in [1.807, 2.05) is 0 Å². The number of hydrogen-bond acceptors (Lipinski definition) is 3. The normalized spacial score (nSPS) is 11.2. The minimum Gasteiger partial charge on any atom is -0.319 e. The van der Waals surface area contributed by atoms with Crippen molar-refractivity contribution in [2.75, 3.05) is 5.32 Å². The fourth-order valence-corrected chi connectivity index (χ4v) is 2.02. The van der Waals surface area contributed by atoms with E-state index in [2.05, 4.69) is 15.5 Å². The second kappa shape index (κ2) is 4.97. The molecule has 3 aromatic rings. The Morgan fingerprint density at radius 1 is 1.38 bits per heavy atom. The molecular formula is C13H11F2N5O. The maximum absolute atomic E-state index is 12.8. The van der Waals surface area contributed by atoms with E-state index in [-0.39, 0.29) is 5.69 Å². The maximum atomic E-state index is 12.8. The summed E-state index contributed by atoms with van der Waals surface area (Å²) in [7, 11) is 1.51. The summed E-state index contributed by atoms with van der Waals surface area (Å²) in [5.41, 5.74) is 0.650. The Labute approximate surface area is 118 Å². The summed E-state index contributed by atoms with van der Waals surface area (Å²) in [5, 5.41) is 10.1.